The third kappa shape index (κ3) is 5.73. The van der Waals surface area contributed by atoms with Crippen LogP contribution in [0.3, 0.4) is 0 Å². The number of nitrogens with one attached hydrogen (secondary N) is 1. The number of anilines is 1. The maximum atomic E-state index is 13.5. The predicted octanol–water partition coefficient (Wildman–Crippen LogP) is 3.96. The van der Waals surface area contributed by atoms with Gasteiger partial charge in [0.15, 0.2) is 30.7 Å². The van der Waals surface area contributed by atoms with E-state index in [1.54, 1.807) is 12.1 Å². The van der Waals surface area contributed by atoms with E-state index in [4.69, 9.17) is 9.47 Å². The molecule has 2 aromatic carbocycles. The molecule has 0 aliphatic heterocycles. The zero-order valence-corrected chi connectivity index (χ0v) is 15.6. The molecule has 0 aliphatic carbocycles. The molecule has 0 fully saturated rings. The molecule has 8 heteroatoms. The van der Waals surface area contributed by atoms with Crippen molar-refractivity contribution in [2.45, 2.75) is 26.2 Å². The van der Waals surface area contributed by atoms with Crippen LogP contribution in [0.4, 0.5) is 18.9 Å². The maximum absolute atomic E-state index is 13.5. The van der Waals surface area contributed by atoms with Gasteiger partial charge in [-0.05, 0) is 35.2 Å². The van der Waals surface area contributed by atoms with Crippen LogP contribution in [-0.4, -0.2) is 25.1 Å². The highest BCUT2D eigenvalue weighted by Gasteiger charge is 2.16. The Morgan fingerprint density at radius 2 is 1.57 bits per heavy atom. The lowest BCUT2D eigenvalue weighted by atomic mass is 9.87. The van der Waals surface area contributed by atoms with Crippen molar-refractivity contribution < 1.29 is 32.2 Å². The summed E-state index contributed by atoms with van der Waals surface area (Å²) in [5.41, 5.74) is 0.524. The smallest absolute Gasteiger partial charge is 0.344 e. The lowest BCUT2D eigenvalue weighted by Crippen LogP contribution is -2.24. The first-order valence-corrected chi connectivity index (χ1v) is 8.40. The molecule has 0 aromatic heterocycles. The first-order valence-electron chi connectivity index (χ1n) is 8.40. The number of carbonyl (C=O) groups excluding carboxylic acids is 2. The van der Waals surface area contributed by atoms with Gasteiger partial charge < -0.3 is 14.8 Å². The minimum Gasteiger partial charge on any atom is -0.482 e. The lowest BCUT2D eigenvalue weighted by Gasteiger charge is -2.19. The Hall–Kier alpha value is -3.03. The van der Waals surface area contributed by atoms with Crippen molar-refractivity contribution in [3.63, 3.8) is 0 Å². The third-order valence-corrected chi connectivity index (χ3v) is 3.75. The SMILES string of the molecule is CC(C)(C)c1ccc(OCC(=O)OCC(=O)Nc2ccc(F)c(F)c2F)cc1. The average molecular weight is 395 g/mol. The number of carbonyl (C=O) groups is 2. The van der Waals surface area contributed by atoms with E-state index in [1.807, 2.05) is 17.4 Å². The molecule has 0 atom stereocenters. The van der Waals surface area contributed by atoms with Crippen LogP contribution >= 0.6 is 0 Å². The van der Waals surface area contributed by atoms with Crippen molar-refractivity contribution in [2.24, 2.45) is 0 Å². The number of hydrogen-bond acceptors (Lipinski definition) is 4. The topological polar surface area (TPSA) is 64.6 Å². The molecule has 0 saturated carbocycles. The fourth-order valence-electron chi connectivity index (χ4n) is 2.19. The van der Waals surface area contributed by atoms with Crippen LogP contribution in [0.1, 0.15) is 26.3 Å². The van der Waals surface area contributed by atoms with Crippen molar-refractivity contribution in [1.29, 1.82) is 0 Å². The van der Waals surface area contributed by atoms with Crippen LogP contribution in [0.2, 0.25) is 0 Å². The number of benzene rings is 2. The largest absolute Gasteiger partial charge is 0.482 e. The molecule has 0 spiro atoms. The van der Waals surface area contributed by atoms with Gasteiger partial charge in [-0.3, -0.25) is 4.79 Å². The molecule has 0 saturated heterocycles. The maximum Gasteiger partial charge on any atom is 0.344 e. The van der Waals surface area contributed by atoms with Gasteiger partial charge in [-0.15, -0.1) is 0 Å². The molecule has 150 valence electrons. The van der Waals surface area contributed by atoms with E-state index in [-0.39, 0.29) is 5.41 Å². The molecule has 2 rings (SSSR count). The summed E-state index contributed by atoms with van der Waals surface area (Å²) in [7, 11) is 0. The summed E-state index contributed by atoms with van der Waals surface area (Å²) >= 11 is 0. The minimum atomic E-state index is -1.71. The summed E-state index contributed by atoms with van der Waals surface area (Å²) in [5, 5.41) is 1.99. The number of halogens is 3. The lowest BCUT2D eigenvalue weighted by molar-refractivity contribution is -0.149. The van der Waals surface area contributed by atoms with Crippen LogP contribution in [0, 0.1) is 17.5 Å². The van der Waals surface area contributed by atoms with Crippen LogP contribution in [0.25, 0.3) is 0 Å². The summed E-state index contributed by atoms with van der Waals surface area (Å²) in [6, 6.07) is 8.71. The molecule has 0 radical (unpaired) electrons. The Morgan fingerprint density at radius 1 is 0.929 bits per heavy atom. The molecule has 0 bridgehead atoms. The first kappa shape index (κ1) is 21.3. The second-order valence-corrected chi connectivity index (χ2v) is 6.99. The highest BCUT2D eigenvalue weighted by molar-refractivity contribution is 5.93. The standard InChI is InChI=1S/C20H20F3NO4/c1-20(2,3)12-4-6-13(7-5-12)27-11-17(26)28-10-16(25)24-15-9-8-14(21)18(22)19(15)23/h4-9H,10-11H2,1-3H3,(H,24,25). The second-order valence-electron chi connectivity index (χ2n) is 6.99. The fourth-order valence-corrected chi connectivity index (χ4v) is 2.19. The molecule has 1 amide bonds. The number of ether oxygens (including phenoxy) is 2. The highest BCUT2D eigenvalue weighted by atomic mass is 19.2. The van der Waals surface area contributed by atoms with Crippen LogP contribution in [0.5, 0.6) is 5.75 Å². The number of amides is 1. The van der Waals surface area contributed by atoms with Crippen LogP contribution in [-0.2, 0) is 19.7 Å². The summed E-state index contributed by atoms with van der Waals surface area (Å²) in [6.45, 7) is 5.04. The highest BCUT2D eigenvalue weighted by Crippen LogP contribution is 2.24. The number of hydrogen-bond donors (Lipinski definition) is 1. The summed E-state index contributed by atoms with van der Waals surface area (Å²) in [5.74, 6) is -5.90. The molecule has 28 heavy (non-hydrogen) atoms. The van der Waals surface area contributed by atoms with Gasteiger partial charge in [-0.1, -0.05) is 32.9 Å². The van der Waals surface area contributed by atoms with Gasteiger partial charge in [0.2, 0.25) is 0 Å². The number of rotatable bonds is 6. The molecule has 5 nitrogen and oxygen atoms in total. The van der Waals surface area contributed by atoms with E-state index < -0.39 is 48.2 Å². The van der Waals surface area contributed by atoms with E-state index >= 15 is 0 Å². The Morgan fingerprint density at radius 3 is 2.18 bits per heavy atom. The Bertz CT molecular complexity index is 861. The minimum absolute atomic E-state index is 0.0161. The molecule has 1 N–H and O–H groups in total. The molecule has 2 aromatic rings. The van der Waals surface area contributed by atoms with E-state index in [0.29, 0.717) is 11.8 Å². The molecule has 0 heterocycles. The third-order valence-electron chi connectivity index (χ3n) is 3.75. The van der Waals surface area contributed by atoms with Gasteiger partial charge in [-0.2, -0.15) is 0 Å². The van der Waals surface area contributed by atoms with E-state index in [0.717, 1.165) is 11.6 Å². The van der Waals surface area contributed by atoms with Crippen molar-refractivity contribution in [3.8, 4) is 5.75 Å². The van der Waals surface area contributed by atoms with Crippen molar-refractivity contribution in [1.82, 2.24) is 0 Å². The Kier molecular flexibility index (Phi) is 6.66. The van der Waals surface area contributed by atoms with Gasteiger partial charge in [-0.25, -0.2) is 18.0 Å². The molecule has 0 aliphatic rings. The molecular weight excluding hydrogens is 375 g/mol. The quantitative estimate of drug-likeness (QED) is 0.594. The van der Waals surface area contributed by atoms with E-state index in [2.05, 4.69) is 20.8 Å². The number of esters is 1. The van der Waals surface area contributed by atoms with Gasteiger partial charge in [0.05, 0.1) is 5.69 Å². The normalized spacial score (nSPS) is 11.1. The van der Waals surface area contributed by atoms with Crippen LogP contribution in [0.15, 0.2) is 36.4 Å². The van der Waals surface area contributed by atoms with Gasteiger partial charge in [0.1, 0.15) is 5.75 Å². The van der Waals surface area contributed by atoms with E-state index in [9.17, 15) is 22.8 Å². The predicted molar refractivity (Wildman–Crippen MR) is 96.5 cm³/mol. The van der Waals surface area contributed by atoms with Crippen molar-refractivity contribution in [3.05, 3.63) is 59.4 Å². The molecular formula is C20H20F3NO4. The zero-order valence-electron chi connectivity index (χ0n) is 15.6. The second kappa shape index (κ2) is 8.77. The van der Waals surface area contributed by atoms with Gasteiger partial charge in [0.25, 0.3) is 5.91 Å². The summed E-state index contributed by atoms with van der Waals surface area (Å²) < 4.78 is 49.4. The van der Waals surface area contributed by atoms with Gasteiger partial charge in [0, 0.05) is 0 Å². The van der Waals surface area contributed by atoms with E-state index in [1.165, 1.54) is 0 Å². The Labute approximate surface area is 160 Å². The first-order chi connectivity index (χ1) is 13.1. The van der Waals surface area contributed by atoms with Crippen molar-refractivity contribution in [2.75, 3.05) is 18.5 Å². The zero-order chi connectivity index (χ0) is 20.9. The average Bonchev–Trinajstić information content (AvgIpc) is 2.65. The fraction of sp³-hybridized carbons (Fsp3) is 0.300. The monoisotopic (exact) mass is 395 g/mol. The van der Waals surface area contributed by atoms with Crippen molar-refractivity contribution >= 4 is 17.6 Å². The summed E-state index contributed by atoms with van der Waals surface area (Å²) in [4.78, 5) is 23.3. The van der Waals surface area contributed by atoms with Crippen LogP contribution < -0.4 is 10.1 Å². The van der Waals surface area contributed by atoms with Gasteiger partial charge >= 0.3 is 5.97 Å². The Balaban J connectivity index is 1.79. The molecule has 0 unspecified atom stereocenters. The summed E-state index contributed by atoms with van der Waals surface area (Å²) in [6.07, 6.45) is 0.